The molecule has 0 radical (unpaired) electrons. The zero-order valence-corrected chi connectivity index (χ0v) is 22.5. The first-order valence-electron chi connectivity index (χ1n) is 12.7. The number of hydrogen-bond acceptors (Lipinski definition) is 6. The summed E-state index contributed by atoms with van der Waals surface area (Å²) < 4.78 is 28.8. The van der Waals surface area contributed by atoms with Crippen LogP contribution < -0.4 is 4.72 Å². The number of hydrogen-bond donors (Lipinski definition) is 1. The number of halogens is 1. The molecule has 38 heavy (non-hydrogen) atoms. The van der Waals surface area contributed by atoms with E-state index in [1.54, 1.807) is 41.4 Å². The highest BCUT2D eigenvalue weighted by Gasteiger charge is 2.34. The van der Waals surface area contributed by atoms with Crippen molar-refractivity contribution in [3.8, 4) is 0 Å². The fourth-order valence-electron chi connectivity index (χ4n) is 4.99. The first-order chi connectivity index (χ1) is 18.3. The average molecular weight is 556 g/mol. The lowest BCUT2D eigenvalue weighted by Crippen LogP contribution is -2.56. The largest absolute Gasteiger partial charge is 0.339 e. The van der Waals surface area contributed by atoms with Gasteiger partial charge in [-0.2, -0.15) is 4.72 Å². The third-order valence-electron chi connectivity index (χ3n) is 7.09. The number of aromatic nitrogens is 1. The topological polar surface area (TPSA) is 103 Å². The molecule has 5 rings (SSSR count). The minimum absolute atomic E-state index is 0.0452. The van der Waals surface area contributed by atoms with Gasteiger partial charge in [-0.3, -0.25) is 19.5 Å². The third-order valence-corrected chi connectivity index (χ3v) is 8.80. The number of carbonyl (C=O) groups excluding carboxylic acids is 2. The molecule has 1 atom stereocenters. The van der Waals surface area contributed by atoms with E-state index in [2.05, 4.69) is 14.6 Å². The summed E-state index contributed by atoms with van der Waals surface area (Å²) in [6.07, 6.45) is 4.60. The van der Waals surface area contributed by atoms with Gasteiger partial charge in [0, 0.05) is 56.7 Å². The van der Waals surface area contributed by atoms with Gasteiger partial charge < -0.3 is 9.80 Å². The van der Waals surface area contributed by atoms with E-state index in [1.165, 1.54) is 11.0 Å². The van der Waals surface area contributed by atoms with E-state index < -0.39 is 16.1 Å². The van der Waals surface area contributed by atoms with Crippen molar-refractivity contribution < 1.29 is 18.0 Å². The lowest BCUT2D eigenvalue weighted by Gasteiger charge is -2.37. The van der Waals surface area contributed by atoms with Gasteiger partial charge in [0.15, 0.2) is 0 Å². The minimum Gasteiger partial charge on any atom is -0.339 e. The van der Waals surface area contributed by atoms with E-state index in [1.807, 2.05) is 18.3 Å². The smallest absolute Gasteiger partial charge is 0.242 e. The first-order valence-corrected chi connectivity index (χ1v) is 14.5. The summed E-state index contributed by atoms with van der Waals surface area (Å²) in [4.78, 5) is 35.9. The second-order valence-electron chi connectivity index (χ2n) is 9.75. The van der Waals surface area contributed by atoms with Crippen molar-refractivity contribution in [1.29, 1.82) is 0 Å². The molecule has 1 N–H and O–H groups in total. The standard InChI is InChI=1S/C27H30ClN5O4S/c28-23-7-5-22-16-24(8-6-21(22)15-23)38(36,37)30-25-4-2-10-33(27(25)35)19-26(34)32-13-11-31(12-14-32)18-20-3-1-9-29-17-20/h1,3,5-9,15-17,25,30H,2,4,10-14,18-19H2/t25-/m0/s1. The molecule has 11 heteroatoms. The number of piperazine rings is 1. The molecule has 3 heterocycles. The Hall–Kier alpha value is -3.05. The Balaban J connectivity index is 1.17. The van der Waals surface area contributed by atoms with Gasteiger partial charge in [-0.1, -0.05) is 29.8 Å². The summed E-state index contributed by atoms with van der Waals surface area (Å²) in [5.41, 5.74) is 1.13. The predicted molar refractivity (Wildman–Crippen MR) is 145 cm³/mol. The number of carbonyl (C=O) groups is 2. The van der Waals surface area contributed by atoms with Crippen molar-refractivity contribution in [2.24, 2.45) is 0 Å². The summed E-state index contributed by atoms with van der Waals surface area (Å²) in [6, 6.07) is 13.0. The number of pyridine rings is 1. The lowest BCUT2D eigenvalue weighted by molar-refractivity contribution is -0.144. The monoisotopic (exact) mass is 555 g/mol. The second kappa shape index (κ2) is 11.4. The minimum atomic E-state index is -3.93. The molecule has 1 aromatic heterocycles. The number of piperidine rings is 1. The SMILES string of the molecule is O=C(CN1CCC[C@H](NS(=O)(=O)c2ccc3cc(Cl)ccc3c2)C1=O)N1CCN(Cc2cccnc2)CC1. The highest BCUT2D eigenvalue weighted by molar-refractivity contribution is 7.89. The third kappa shape index (κ3) is 6.15. The zero-order valence-electron chi connectivity index (χ0n) is 20.9. The molecule has 2 amide bonds. The maximum Gasteiger partial charge on any atom is 0.242 e. The number of nitrogens with zero attached hydrogens (tertiary/aromatic N) is 4. The van der Waals surface area contributed by atoms with Crippen LogP contribution in [0.3, 0.4) is 0 Å². The van der Waals surface area contributed by atoms with Crippen LogP contribution in [0.5, 0.6) is 0 Å². The van der Waals surface area contributed by atoms with Crippen LogP contribution in [-0.2, 0) is 26.2 Å². The van der Waals surface area contributed by atoms with Crippen molar-refractivity contribution in [2.75, 3.05) is 39.3 Å². The number of fused-ring (bicyclic) bond motifs is 1. The van der Waals surface area contributed by atoms with Crippen molar-refractivity contribution in [2.45, 2.75) is 30.3 Å². The maximum absolute atomic E-state index is 13.2. The van der Waals surface area contributed by atoms with Crippen LogP contribution in [0.15, 0.2) is 65.8 Å². The van der Waals surface area contributed by atoms with Gasteiger partial charge in [0.25, 0.3) is 0 Å². The molecule has 2 aliphatic rings. The molecule has 200 valence electrons. The Bertz CT molecular complexity index is 1430. The quantitative estimate of drug-likeness (QED) is 0.480. The van der Waals surface area contributed by atoms with Crippen LogP contribution in [0, 0.1) is 0 Å². The van der Waals surface area contributed by atoms with Crippen molar-refractivity contribution in [1.82, 2.24) is 24.4 Å². The van der Waals surface area contributed by atoms with E-state index >= 15 is 0 Å². The summed E-state index contributed by atoms with van der Waals surface area (Å²) in [5, 5.41) is 2.13. The van der Waals surface area contributed by atoms with E-state index in [-0.39, 0.29) is 23.3 Å². The molecule has 0 bridgehead atoms. The highest BCUT2D eigenvalue weighted by Crippen LogP contribution is 2.23. The van der Waals surface area contributed by atoms with Crippen LogP contribution in [0.1, 0.15) is 18.4 Å². The molecule has 3 aromatic rings. The van der Waals surface area contributed by atoms with E-state index in [9.17, 15) is 18.0 Å². The Kier molecular flexibility index (Phi) is 7.94. The molecular formula is C27H30ClN5O4S. The normalized spacial score (nSPS) is 19.2. The number of nitrogens with one attached hydrogen (secondary N) is 1. The van der Waals surface area contributed by atoms with Gasteiger partial charge in [-0.15, -0.1) is 0 Å². The van der Waals surface area contributed by atoms with E-state index in [0.29, 0.717) is 37.5 Å². The molecule has 2 saturated heterocycles. The average Bonchev–Trinajstić information content (AvgIpc) is 2.91. The molecule has 0 unspecified atom stereocenters. The van der Waals surface area contributed by atoms with Crippen molar-refractivity contribution >= 4 is 44.2 Å². The van der Waals surface area contributed by atoms with Gasteiger partial charge >= 0.3 is 0 Å². The number of likely N-dealkylation sites (tertiary alicyclic amines) is 1. The molecule has 9 nitrogen and oxygen atoms in total. The number of benzene rings is 2. The van der Waals surface area contributed by atoms with Crippen LogP contribution in [-0.4, -0.2) is 85.2 Å². The fraction of sp³-hybridized carbons (Fsp3) is 0.370. The Morgan fingerprint density at radius 2 is 1.79 bits per heavy atom. The van der Waals surface area contributed by atoms with Gasteiger partial charge in [0.2, 0.25) is 21.8 Å². The highest BCUT2D eigenvalue weighted by atomic mass is 35.5. The number of amides is 2. The van der Waals surface area contributed by atoms with Crippen LogP contribution in [0.4, 0.5) is 0 Å². The van der Waals surface area contributed by atoms with Crippen LogP contribution in [0.25, 0.3) is 10.8 Å². The van der Waals surface area contributed by atoms with Crippen LogP contribution >= 0.6 is 11.6 Å². The maximum atomic E-state index is 13.2. The molecule has 2 aromatic carbocycles. The Morgan fingerprint density at radius 1 is 1.03 bits per heavy atom. The zero-order chi connectivity index (χ0) is 26.7. The summed E-state index contributed by atoms with van der Waals surface area (Å²) in [6.45, 7) is 3.84. The van der Waals surface area contributed by atoms with Gasteiger partial charge in [0.1, 0.15) is 6.04 Å². The second-order valence-corrected chi connectivity index (χ2v) is 11.9. The first kappa shape index (κ1) is 26.6. The number of rotatable bonds is 7. The summed E-state index contributed by atoms with van der Waals surface area (Å²) >= 11 is 6.02. The van der Waals surface area contributed by atoms with Gasteiger partial charge in [-0.25, -0.2) is 8.42 Å². The Labute approximate surface area is 227 Å². The molecule has 2 fully saturated rings. The van der Waals surface area contributed by atoms with E-state index in [4.69, 9.17) is 11.6 Å². The summed E-state index contributed by atoms with van der Waals surface area (Å²) in [5.74, 6) is -0.480. The predicted octanol–water partition coefficient (Wildman–Crippen LogP) is 2.50. The van der Waals surface area contributed by atoms with E-state index in [0.717, 1.165) is 36.0 Å². The lowest BCUT2D eigenvalue weighted by atomic mass is 10.1. The number of sulfonamides is 1. The van der Waals surface area contributed by atoms with Crippen molar-refractivity contribution in [3.63, 3.8) is 0 Å². The van der Waals surface area contributed by atoms with Gasteiger partial charge in [-0.05, 0) is 59.5 Å². The molecule has 0 aliphatic carbocycles. The Morgan fingerprint density at radius 3 is 2.55 bits per heavy atom. The van der Waals surface area contributed by atoms with Gasteiger partial charge in [0.05, 0.1) is 11.4 Å². The molecule has 2 aliphatic heterocycles. The molecule has 0 saturated carbocycles. The van der Waals surface area contributed by atoms with Crippen molar-refractivity contribution in [3.05, 3.63) is 71.5 Å². The molecule has 0 spiro atoms. The molecular weight excluding hydrogens is 526 g/mol. The van der Waals surface area contributed by atoms with Crippen LogP contribution in [0.2, 0.25) is 5.02 Å². The fourth-order valence-corrected chi connectivity index (χ4v) is 6.43. The summed E-state index contributed by atoms with van der Waals surface area (Å²) in [7, 11) is -3.93.